The van der Waals surface area contributed by atoms with E-state index in [0.29, 0.717) is 0 Å². The van der Waals surface area contributed by atoms with Gasteiger partial charge in [0.25, 0.3) is 5.78 Å². The first-order valence-corrected chi connectivity index (χ1v) is 6.80. The number of fused-ring (bicyclic) bond motifs is 3. The molecular formula is C18H11F3O2. The van der Waals surface area contributed by atoms with Gasteiger partial charge in [0.15, 0.2) is 0 Å². The number of hydrogen-bond donors (Lipinski definition) is 1. The van der Waals surface area contributed by atoms with Gasteiger partial charge in [0.1, 0.15) is 5.76 Å². The number of alkyl halides is 3. The fraction of sp³-hybridized carbons (Fsp3) is 0.0556. The Hall–Kier alpha value is -2.82. The lowest BCUT2D eigenvalue weighted by Gasteiger charge is -2.07. The van der Waals surface area contributed by atoms with Crippen molar-refractivity contribution in [2.24, 2.45) is 0 Å². The molecule has 116 valence electrons. The summed E-state index contributed by atoms with van der Waals surface area (Å²) in [4.78, 5) is 10.9. The molecule has 23 heavy (non-hydrogen) atoms. The molecule has 3 aromatic rings. The molecule has 0 radical (unpaired) electrons. The van der Waals surface area contributed by atoms with E-state index in [-0.39, 0.29) is 11.6 Å². The molecule has 1 N–H and O–H groups in total. The molecule has 0 aliphatic heterocycles. The van der Waals surface area contributed by atoms with E-state index in [1.807, 2.05) is 36.4 Å². The molecule has 0 atom stereocenters. The molecule has 2 nitrogen and oxygen atoms in total. The molecule has 0 aromatic heterocycles. The summed E-state index contributed by atoms with van der Waals surface area (Å²) in [5.41, 5.74) is 0.158. The van der Waals surface area contributed by atoms with E-state index < -0.39 is 17.7 Å². The molecule has 0 amide bonds. The van der Waals surface area contributed by atoms with Gasteiger partial charge in [-0.1, -0.05) is 48.5 Å². The van der Waals surface area contributed by atoms with E-state index in [9.17, 15) is 23.1 Å². The molecule has 0 aliphatic rings. The van der Waals surface area contributed by atoms with Crippen LogP contribution in [0.5, 0.6) is 0 Å². The Bertz CT molecular complexity index is 940. The number of carbonyl (C=O) groups is 1. The predicted octanol–water partition coefficient (Wildman–Crippen LogP) is 5.02. The van der Waals surface area contributed by atoms with Crippen LogP contribution in [0.15, 0.2) is 60.7 Å². The fourth-order valence-electron chi connectivity index (χ4n) is 2.46. The van der Waals surface area contributed by atoms with Gasteiger partial charge in [-0.25, -0.2) is 0 Å². The molecule has 0 unspecified atom stereocenters. The van der Waals surface area contributed by atoms with Crippen molar-refractivity contribution in [2.75, 3.05) is 0 Å². The number of carbonyl (C=O) groups excluding carboxylic acids is 1. The van der Waals surface area contributed by atoms with Gasteiger partial charge in [-0.2, -0.15) is 13.2 Å². The molecule has 0 fully saturated rings. The van der Waals surface area contributed by atoms with Gasteiger partial charge in [-0.3, -0.25) is 4.79 Å². The Labute approximate surface area is 129 Å². The summed E-state index contributed by atoms with van der Waals surface area (Å²) in [6.45, 7) is 0. The second-order valence-electron chi connectivity index (χ2n) is 5.11. The van der Waals surface area contributed by atoms with Crippen molar-refractivity contribution in [1.82, 2.24) is 0 Å². The van der Waals surface area contributed by atoms with Crippen LogP contribution >= 0.6 is 0 Å². The third-order valence-electron chi connectivity index (χ3n) is 3.59. The smallest absolute Gasteiger partial charge is 0.454 e. The van der Waals surface area contributed by atoms with Crippen molar-refractivity contribution in [3.63, 3.8) is 0 Å². The van der Waals surface area contributed by atoms with Gasteiger partial charge in [-0.15, -0.1) is 0 Å². The second-order valence-corrected chi connectivity index (χ2v) is 5.11. The minimum atomic E-state index is -5.00. The van der Waals surface area contributed by atoms with Crippen LogP contribution in [0.3, 0.4) is 0 Å². The Morgan fingerprint density at radius 1 is 0.913 bits per heavy atom. The zero-order valence-corrected chi connectivity index (χ0v) is 11.8. The molecule has 0 saturated heterocycles. The van der Waals surface area contributed by atoms with Crippen LogP contribution in [0.4, 0.5) is 13.2 Å². The quantitative estimate of drug-likeness (QED) is 0.409. The highest BCUT2D eigenvalue weighted by atomic mass is 19.4. The van der Waals surface area contributed by atoms with Crippen LogP contribution in [-0.4, -0.2) is 17.1 Å². The molecular weight excluding hydrogens is 305 g/mol. The first kappa shape index (κ1) is 15.1. The van der Waals surface area contributed by atoms with E-state index in [4.69, 9.17) is 0 Å². The van der Waals surface area contributed by atoms with Crippen molar-refractivity contribution in [3.8, 4) is 0 Å². The average molecular weight is 316 g/mol. The summed E-state index contributed by atoms with van der Waals surface area (Å²) >= 11 is 0. The number of aliphatic hydroxyl groups is 1. The molecule has 3 rings (SSSR count). The Morgan fingerprint density at radius 3 is 2.30 bits per heavy atom. The van der Waals surface area contributed by atoms with Gasteiger partial charge in [0.05, 0.1) is 0 Å². The maximum atomic E-state index is 12.2. The van der Waals surface area contributed by atoms with Gasteiger partial charge in [0, 0.05) is 11.6 Å². The monoisotopic (exact) mass is 316 g/mol. The van der Waals surface area contributed by atoms with Crippen molar-refractivity contribution in [3.05, 3.63) is 66.2 Å². The first-order valence-electron chi connectivity index (χ1n) is 6.80. The lowest BCUT2D eigenvalue weighted by Crippen LogP contribution is -2.20. The van der Waals surface area contributed by atoms with Crippen LogP contribution in [0.25, 0.3) is 27.3 Å². The first-order chi connectivity index (χ1) is 10.9. The minimum Gasteiger partial charge on any atom is -0.507 e. The summed E-state index contributed by atoms with van der Waals surface area (Å²) in [7, 11) is 0. The van der Waals surface area contributed by atoms with Crippen molar-refractivity contribution >= 4 is 33.1 Å². The Morgan fingerprint density at radius 2 is 1.57 bits per heavy atom. The van der Waals surface area contributed by atoms with Gasteiger partial charge in [-0.05, 0) is 27.6 Å². The van der Waals surface area contributed by atoms with Gasteiger partial charge < -0.3 is 5.11 Å². The largest absolute Gasteiger partial charge is 0.507 e. The van der Waals surface area contributed by atoms with Gasteiger partial charge >= 0.3 is 6.18 Å². The number of aliphatic hydroxyl groups excluding tert-OH is 1. The summed E-state index contributed by atoms with van der Waals surface area (Å²) in [6, 6.07) is 16.2. The highest BCUT2D eigenvalue weighted by Crippen LogP contribution is 2.28. The van der Waals surface area contributed by atoms with E-state index in [2.05, 4.69) is 0 Å². The van der Waals surface area contributed by atoms with Crippen molar-refractivity contribution in [2.45, 2.75) is 6.18 Å². The second kappa shape index (κ2) is 5.43. The van der Waals surface area contributed by atoms with Gasteiger partial charge in [0.2, 0.25) is 0 Å². The Kier molecular flexibility index (Phi) is 3.56. The molecule has 0 saturated carbocycles. The molecule has 5 heteroatoms. The van der Waals surface area contributed by atoms with Crippen LogP contribution in [0, 0.1) is 0 Å². The molecule has 3 aromatic carbocycles. The third kappa shape index (κ3) is 2.90. The maximum Gasteiger partial charge on any atom is 0.454 e. The topological polar surface area (TPSA) is 37.3 Å². The fourth-order valence-corrected chi connectivity index (χ4v) is 2.46. The van der Waals surface area contributed by atoms with Crippen LogP contribution in [0.1, 0.15) is 5.56 Å². The maximum absolute atomic E-state index is 12.2. The number of rotatable bonds is 2. The average Bonchev–Trinajstić information content (AvgIpc) is 2.53. The van der Waals surface area contributed by atoms with E-state index in [1.165, 1.54) is 6.07 Å². The summed E-state index contributed by atoms with van der Waals surface area (Å²) in [6.07, 6.45) is -4.80. The normalized spacial score (nSPS) is 12.7. The number of benzene rings is 3. The lowest BCUT2D eigenvalue weighted by molar-refractivity contribution is -0.165. The molecule has 0 heterocycles. The van der Waals surface area contributed by atoms with E-state index >= 15 is 0 Å². The molecule has 0 spiro atoms. The summed E-state index contributed by atoms with van der Waals surface area (Å²) < 4.78 is 36.7. The summed E-state index contributed by atoms with van der Waals surface area (Å²) in [5, 5.41) is 13.5. The number of ketones is 1. The predicted molar refractivity (Wildman–Crippen MR) is 83.1 cm³/mol. The van der Waals surface area contributed by atoms with Crippen molar-refractivity contribution in [1.29, 1.82) is 0 Å². The van der Waals surface area contributed by atoms with E-state index in [1.54, 1.807) is 12.1 Å². The molecule has 0 aliphatic carbocycles. The zero-order valence-electron chi connectivity index (χ0n) is 11.8. The zero-order chi connectivity index (χ0) is 16.6. The SMILES string of the molecule is O=C(/C=C(\O)c1ccc2c(ccc3ccccc32)c1)C(F)(F)F. The van der Waals surface area contributed by atoms with Crippen molar-refractivity contribution < 1.29 is 23.1 Å². The van der Waals surface area contributed by atoms with Crippen LogP contribution in [0.2, 0.25) is 0 Å². The summed E-state index contributed by atoms with van der Waals surface area (Å²) in [5.74, 6) is -2.80. The van der Waals surface area contributed by atoms with Crippen LogP contribution < -0.4 is 0 Å². The molecule has 0 bridgehead atoms. The third-order valence-corrected chi connectivity index (χ3v) is 3.59. The highest BCUT2D eigenvalue weighted by molar-refractivity contribution is 6.08. The van der Waals surface area contributed by atoms with E-state index in [0.717, 1.165) is 21.5 Å². The Balaban J connectivity index is 2.09. The highest BCUT2D eigenvalue weighted by Gasteiger charge is 2.37. The standard InChI is InChI=1S/C18H11F3O2/c19-18(20,21)17(23)10-16(22)13-7-8-15-12(9-13)6-5-11-3-1-2-4-14(11)15/h1-10,22H/b16-10-. The number of allylic oxidation sites excluding steroid dienone is 1. The minimum absolute atomic E-state index is 0.158. The lowest BCUT2D eigenvalue weighted by atomic mass is 9.99. The van der Waals surface area contributed by atoms with Crippen LogP contribution in [-0.2, 0) is 4.79 Å². The number of hydrogen-bond acceptors (Lipinski definition) is 2. The number of halogens is 3.